The van der Waals surface area contributed by atoms with Crippen molar-refractivity contribution in [3.63, 3.8) is 0 Å². The SMILES string of the molecule is CCCCOC(=O)N1C[C@@H](N)C[C@H](F)C1. The van der Waals surface area contributed by atoms with E-state index in [0.29, 0.717) is 19.6 Å². The quantitative estimate of drug-likeness (QED) is 0.726. The zero-order chi connectivity index (χ0) is 11.3. The van der Waals surface area contributed by atoms with Crippen molar-refractivity contribution in [1.82, 2.24) is 4.90 Å². The lowest BCUT2D eigenvalue weighted by Gasteiger charge is -2.32. The molecular weight excluding hydrogens is 199 g/mol. The molecular formula is C10H19FN2O2. The number of carbonyl (C=O) groups is 1. The van der Waals surface area contributed by atoms with Crippen molar-refractivity contribution in [2.45, 2.75) is 38.4 Å². The lowest BCUT2D eigenvalue weighted by atomic mass is 10.1. The summed E-state index contributed by atoms with van der Waals surface area (Å²) >= 11 is 0. The van der Waals surface area contributed by atoms with E-state index in [1.807, 2.05) is 6.92 Å². The van der Waals surface area contributed by atoms with Crippen molar-refractivity contribution in [3.8, 4) is 0 Å². The predicted molar refractivity (Wildman–Crippen MR) is 55.3 cm³/mol. The molecule has 1 saturated heterocycles. The first-order valence-corrected chi connectivity index (χ1v) is 5.44. The van der Waals surface area contributed by atoms with Crippen LogP contribution >= 0.6 is 0 Å². The number of ether oxygens (including phenoxy) is 1. The number of nitrogens with zero attached hydrogens (tertiary/aromatic N) is 1. The molecule has 15 heavy (non-hydrogen) atoms. The molecule has 1 fully saturated rings. The summed E-state index contributed by atoms with van der Waals surface area (Å²) in [4.78, 5) is 12.8. The van der Waals surface area contributed by atoms with Crippen LogP contribution in [-0.4, -0.2) is 42.9 Å². The molecule has 0 aliphatic carbocycles. The van der Waals surface area contributed by atoms with Crippen LogP contribution in [0.5, 0.6) is 0 Å². The number of unbranched alkanes of at least 4 members (excludes halogenated alkanes) is 1. The summed E-state index contributed by atoms with van der Waals surface area (Å²) in [5.41, 5.74) is 5.62. The Kier molecular flexibility index (Phi) is 4.81. The van der Waals surface area contributed by atoms with Crippen molar-refractivity contribution in [2.75, 3.05) is 19.7 Å². The van der Waals surface area contributed by atoms with Crippen LogP contribution < -0.4 is 5.73 Å². The maximum atomic E-state index is 13.1. The van der Waals surface area contributed by atoms with Crippen molar-refractivity contribution in [2.24, 2.45) is 5.73 Å². The minimum Gasteiger partial charge on any atom is -0.449 e. The van der Waals surface area contributed by atoms with Crippen LogP contribution in [0, 0.1) is 0 Å². The molecule has 2 atom stereocenters. The predicted octanol–water partition coefficient (Wildman–Crippen LogP) is 1.29. The van der Waals surface area contributed by atoms with Gasteiger partial charge in [-0.1, -0.05) is 13.3 Å². The molecule has 0 radical (unpaired) electrons. The Morgan fingerprint density at radius 3 is 2.93 bits per heavy atom. The molecule has 1 aliphatic heterocycles. The van der Waals surface area contributed by atoms with E-state index in [0.717, 1.165) is 12.8 Å². The van der Waals surface area contributed by atoms with Crippen molar-refractivity contribution < 1.29 is 13.9 Å². The molecule has 0 aromatic heterocycles. The normalized spacial score (nSPS) is 26.5. The Balaban J connectivity index is 2.31. The molecule has 1 amide bonds. The van der Waals surface area contributed by atoms with Gasteiger partial charge >= 0.3 is 6.09 Å². The number of alkyl halides is 1. The van der Waals surface area contributed by atoms with E-state index in [2.05, 4.69) is 0 Å². The number of likely N-dealkylation sites (tertiary alicyclic amines) is 1. The third-order valence-corrected chi connectivity index (χ3v) is 2.41. The Labute approximate surface area is 89.6 Å². The second-order valence-corrected chi connectivity index (χ2v) is 3.97. The summed E-state index contributed by atoms with van der Waals surface area (Å²) < 4.78 is 18.1. The zero-order valence-electron chi connectivity index (χ0n) is 9.12. The Bertz CT molecular complexity index is 204. The third-order valence-electron chi connectivity index (χ3n) is 2.41. The van der Waals surface area contributed by atoms with Crippen LogP contribution in [0.3, 0.4) is 0 Å². The number of hydrogen-bond donors (Lipinski definition) is 1. The van der Waals surface area contributed by atoms with Gasteiger partial charge < -0.3 is 15.4 Å². The summed E-state index contributed by atoms with van der Waals surface area (Å²) in [6, 6.07) is -0.271. The van der Waals surface area contributed by atoms with E-state index in [9.17, 15) is 9.18 Å². The molecule has 0 spiro atoms. The molecule has 0 aromatic carbocycles. The average Bonchev–Trinajstić information content (AvgIpc) is 2.16. The van der Waals surface area contributed by atoms with Crippen LogP contribution in [0.15, 0.2) is 0 Å². The minimum atomic E-state index is -1.02. The van der Waals surface area contributed by atoms with Crippen LogP contribution in [0.4, 0.5) is 9.18 Å². The second kappa shape index (κ2) is 5.90. The first-order chi connectivity index (χ1) is 7.13. The molecule has 1 rings (SSSR count). The smallest absolute Gasteiger partial charge is 0.409 e. The Morgan fingerprint density at radius 1 is 1.60 bits per heavy atom. The Morgan fingerprint density at radius 2 is 2.33 bits per heavy atom. The first kappa shape index (κ1) is 12.2. The second-order valence-electron chi connectivity index (χ2n) is 3.97. The summed E-state index contributed by atoms with van der Waals surface area (Å²) in [5.74, 6) is 0. The fourth-order valence-corrected chi connectivity index (χ4v) is 1.62. The van der Waals surface area contributed by atoms with Gasteiger partial charge in [0.15, 0.2) is 0 Å². The lowest BCUT2D eigenvalue weighted by molar-refractivity contribution is 0.0703. The molecule has 5 heteroatoms. The summed E-state index contributed by atoms with van der Waals surface area (Å²) in [5, 5.41) is 0. The minimum absolute atomic E-state index is 0.110. The van der Waals surface area contributed by atoms with E-state index in [4.69, 9.17) is 10.5 Å². The zero-order valence-corrected chi connectivity index (χ0v) is 9.12. The molecule has 0 bridgehead atoms. The van der Waals surface area contributed by atoms with Gasteiger partial charge in [0.2, 0.25) is 0 Å². The number of hydrogen-bond acceptors (Lipinski definition) is 3. The monoisotopic (exact) mass is 218 g/mol. The van der Waals surface area contributed by atoms with Crippen LogP contribution in [0.1, 0.15) is 26.2 Å². The molecule has 0 aromatic rings. The fraction of sp³-hybridized carbons (Fsp3) is 0.900. The molecule has 0 saturated carbocycles. The Hall–Kier alpha value is -0.840. The molecule has 2 N–H and O–H groups in total. The standard InChI is InChI=1S/C10H19FN2O2/c1-2-3-4-15-10(14)13-6-8(11)5-9(12)7-13/h8-9H,2-7,12H2,1H3/t8-,9-/m0/s1. The maximum Gasteiger partial charge on any atom is 0.409 e. The maximum absolute atomic E-state index is 13.1. The van der Waals surface area contributed by atoms with Gasteiger partial charge in [-0.3, -0.25) is 0 Å². The van der Waals surface area contributed by atoms with Crippen molar-refractivity contribution in [3.05, 3.63) is 0 Å². The van der Waals surface area contributed by atoms with E-state index >= 15 is 0 Å². The van der Waals surface area contributed by atoms with E-state index in [1.165, 1.54) is 4.90 Å². The van der Waals surface area contributed by atoms with Gasteiger partial charge in [0.25, 0.3) is 0 Å². The number of halogens is 1. The van der Waals surface area contributed by atoms with Gasteiger partial charge in [0, 0.05) is 12.6 Å². The molecule has 88 valence electrons. The largest absolute Gasteiger partial charge is 0.449 e. The molecule has 4 nitrogen and oxygen atoms in total. The van der Waals surface area contributed by atoms with Crippen molar-refractivity contribution >= 4 is 6.09 Å². The van der Waals surface area contributed by atoms with E-state index in [-0.39, 0.29) is 12.6 Å². The number of piperidine rings is 1. The van der Waals surface area contributed by atoms with Gasteiger partial charge in [-0.2, -0.15) is 0 Å². The highest BCUT2D eigenvalue weighted by molar-refractivity contribution is 5.67. The molecule has 0 unspecified atom stereocenters. The van der Waals surface area contributed by atoms with E-state index < -0.39 is 12.3 Å². The number of amides is 1. The lowest BCUT2D eigenvalue weighted by Crippen LogP contribution is -2.50. The van der Waals surface area contributed by atoms with Gasteiger partial charge in [-0.15, -0.1) is 0 Å². The third kappa shape index (κ3) is 4.03. The highest BCUT2D eigenvalue weighted by Gasteiger charge is 2.28. The summed E-state index contributed by atoms with van der Waals surface area (Å²) in [6.07, 6.45) is 0.677. The highest BCUT2D eigenvalue weighted by atomic mass is 19.1. The van der Waals surface area contributed by atoms with E-state index in [1.54, 1.807) is 0 Å². The van der Waals surface area contributed by atoms with Gasteiger partial charge in [-0.05, 0) is 12.8 Å². The number of rotatable bonds is 3. The average molecular weight is 218 g/mol. The molecule has 1 aliphatic rings. The van der Waals surface area contributed by atoms with Gasteiger partial charge in [0.05, 0.1) is 13.2 Å². The van der Waals surface area contributed by atoms with Crippen LogP contribution in [0.2, 0.25) is 0 Å². The highest BCUT2D eigenvalue weighted by Crippen LogP contribution is 2.13. The topological polar surface area (TPSA) is 55.6 Å². The van der Waals surface area contributed by atoms with Crippen LogP contribution in [-0.2, 0) is 4.74 Å². The van der Waals surface area contributed by atoms with Crippen LogP contribution in [0.25, 0.3) is 0 Å². The summed E-state index contributed by atoms with van der Waals surface area (Å²) in [7, 11) is 0. The van der Waals surface area contributed by atoms with Gasteiger partial charge in [-0.25, -0.2) is 9.18 Å². The molecule has 1 heterocycles. The number of nitrogens with two attached hydrogens (primary N) is 1. The fourth-order valence-electron chi connectivity index (χ4n) is 1.62. The number of carbonyl (C=O) groups excluding carboxylic acids is 1. The van der Waals surface area contributed by atoms with Crippen molar-refractivity contribution in [1.29, 1.82) is 0 Å². The summed E-state index contributed by atoms with van der Waals surface area (Å²) in [6.45, 7) is 2.92. The van der Waals surface area contributed by atoms with Gasteiger partial charge in [0.1, 0.15) is 6.17 Å². The first-order valence-electron chi connectivity index (χ1n) is 5.44.